The summed E-state index contributed by atoms with van der Waals surface area (Å²) in [6, 6.07) is 9.06. The lowest BCUT2D eigenvalue weighted by Gasteiger charge is -2.15. The molecule has 0 aliphatic rings. The second-order valence-corrected chi connectivity index (χ2v) is 5.15. The molecule has 126 valence electrons. The van der Waals surface area contributed by atoms with E-state index in [9.17, 15) is 9.90 Å². The molecule has 0 aliphatic carbocycles. The SMILES string of the molecule is COc1cc(O)c(C(=O)C=Cc2ccc(C)cc2)c(OC)c1OC. The minimum absolute atomic E-state index is 0.0264. The molecule has 0 spiro atoms. The number of carbonyl (C=O) groups is 1. The molecule has 0 fully saturated rings. The van der Waals surface area contributed by atoms with Gasteiger partial charge >= 0.3 is 0 Å². The van der Waals surface area contributed by atoms with Crippen molar-refractivity contribution in [3.63, 3.8) is 0 Å². The number of rotatable bonds is 6. The van der Waals surface area contributed by atoms with E-state index >= 15 is 0 Å². The molecule has 5 nitrogen and oxygen atoms in total. The molecule has 0 aromatic heterocycles. The second-order valence-electron chi connectivity index (χ2n) is 5.15. The van der Waals surface area contributed by atoms with E-state index in [1.807, 2.05) is 31.2 Å². The standard InChI is InChI=1S/C19H20O5/c1-12-5-7-13(8-6-12)9-10-14(20)17-15(21)11-16(22-2)18(23-3)19(17)24-4/h5-11,21H,1-4H3. The van der Waals surface area contributed by atoms with Gasteiger partial charge in [0.25, 0.3) is 0 Å². The number of benzene rings is 2. The van der Waals surface area contributed by atoms with Gasteiger partial charge in [-0.25, -0.2) is 0 Å². The molecule has 24 heavy (non-hydrogen) atoms. The smallest absolute Gasteiger partial charge is 0.204 e. The summed E-state index contributed by atoms with van der Waals surface area (Å²) in [6.45, 7) is 1.99. The maximum Gasteiger partial charge on any atom is 0.204 e. The zero-order valence-corrected chi connectivity index (χ0v) is 14.1. The first kappa shape index (κ1) is 17.4. The first-order valence-corrected chi connectivity index (χ1v) is 7.32. The van der Waals surface area contributed by atoms with E-state index in [2.05, 4.69) is 0 Å². The van der Waals surface area contributed by atoms with Crippen molar-refractivity contribution in [1.82, 2.24) is 0 Å². The molecule has 5 heteroatoms. The highest BCUT2D eigenvalue weighted by molar-refractivity contribution is 6.11. The normalized spacial score (nSPS) is 10.7. The van der Waals surface area contributed by atoms with Gasteiger partial charge in [0.15, 0.2) is 17.3 Å². The number of ether oxygens (including phenoxy) is 3. The Morgan fingerprint density at radius 3 is 2.17 bits per heavy atom. The number of methoxy groups -OCH3 is 3. The Morgan fingerprint density at radius 2 is 1.62 bits per heavy atom. The molecule has 0 unspecified atom stereocenters. The lowest BCUT2D eigenvalue weighted by Crippen LogP contribution is -2.03. The van der Waals surface area contributed by atoms with Gasteiger partial charge in [-0.05, 0) is 18.6 Å². The number of aryl methyl sites for hydroxylation is 1. The van der Waals surface area contributed by atoms with Crippen molar-refractivity contribution >= 4 is 11.9 Å². The minimum atomic E-state index is -0.397. The highest BCUT2D eigenvalue weighted by atomic mass is 16.5. The molecule has 2 aromatic rings. The number of aromatic hydroxyl groups is 1. The molecule has 0 amide bonds. The fourth-order valence-electron chi connectivity index (χ4n) is 2.31. The van der Waals surface area contributed by atoms with Crippen LogP contribution < -0.4 is 14.2 Å². The van der Waals surface area contributed by atoms with E-state index in [0.717, 1.165) is 11.1 Å². The van der Waals surface area contributed by atoms with Gasteiger partial charge < -0.3 is 19.3 Å². The van der Waals surface area contributed by atoms with Crippen molar-refractivity contribution in [2.24, 2.45) is 0 Å². The topological polar surface area (TPSA) is 65.0 Å². The average molecular weight is 328 g/mol. The summed E-state index contributed by atoms with van der Waals surface area (Å²) < 4.78 is 15.6. The highest BCUT2D eigenvalue weighted by Gasteiger charge is 2.24. The van der Waals surface area contributed by atoms with Crippen LogP contribution in [0.15, 0.2) is 36.4 Å². The summed E-state index contributed by atoms with van der Waals surface area (Å²) in [6.07, 6.45) is 3.06. The van der Waals surface area contributed by atoms with Gasteiger partial charge in [-0.2, -0.15) is 0 Å². The summed E-state index contributed by atoms with van der Waals surface area (Å²) in [5, 5.41) is 10.2. The van der Waals surface area contributed by atoms with Crippen LogP contribution >= 0.6 is 0 Å². The van der Waals surface area contributed by atoms with E-state index in [-0.39, 0.29) is 28.6 Å². The number of phenols is 1. The maximum atomic E-state index is 12.5. The predicted octanol–water partition coefficient (Wildman–Crippen LogP) is 3.62. The molecule has 0 saturated carbocycles. The van der Waals surface area contributed by atoms with Gasteiger partial charge in [-0.15, -0.1) is 0 Å². The van der Waals surface area contributed by atoms with Gasteiger partial charge in [0, 0.05) is 6.07 Å². The largest absolute Gasteiger partial charge is 0.507 e. The second kappa shape index (κ2) is 7.55. The molecule has 2 rings (SSSR count). The zero-order valence-electron chi connectivity index (χ0n) is 14.1. The van der Waals surface area contributed by atoms with Crippen molar-refractivity contribution < 1.29 is 24.1 Å². The Labute approximate surface area is 141 Å². The Kier molecular flexibility index (Phi) is 5.47. The Morgan fingerprint density at radius 1 is 1.00 bits per heavy atom. The fraction of sp³-hybridized carbons (Fsp3) is 0.211. The summed E-state index contributed by atoms with van der Waals surface area (Å²) in [5.41, 5.74) is 2.05. The molecule has 0 aliphatic heterocycles. The molecule has 0 radical (unpaired) electrons. The van der Waals surface area contributed by atoms with Crippen molar-refractivity contribution in [2.75, 3.05) is 21.3 Å². The van der Waals surface area contributed by atoms with Gasteiger partial charge in [-0.3, -0.25) is 4.79 Å². The van der Waals surface area contributed by atoms with Crippen LogP contribution in [0.3, 0.4) is 0 Å². The van der Waals surface area contributed by atoms with Crippen molar-refractivity contribution in [3.8, 4) is 23.0 Å². The van der Waals surface area contributed by atoms with E-state index < -0.39 is 5.78 Å². The Hall–Kier alpha value is -2.95. The zero-order chi connectivity index (χ0) is 17.7. The molecular formula is C19H20O5. The molecule has 0 bridgehead atoms. The van der Waals surface area contributed by atoms with Crippen LogP contribution in [-0.2, 0) is 0 Å². The van der Waals surface area contributed by atoms with Crippen LogP contribution in [0.1, 0.15) is 21.5 Å². The van der Waals surface area contributed by atoms with Crippen LogP contribution in [0, 0.1) is 6.92 Å². The van der Waals surface area contributed by atoms with Crippen LogP contribution in [0.25, 0.3) is 6.08 Å². The molecule has 2 aromatic carbocycles. The molecular weight excluding hydrogens is 308 g/mol. The molecule has 0 atom stereocenters. The van der Waals surface area contributed by atoms with Crippen LogP contribution in [-0.4, -0.2) is 32.2 Å². The predicted molar refractivity (Wildman–Crippen MR) is 92.3 cm³/mol. The first-order chi connectivity index (χ1) is 11.5. The lowest BCUT2D eigenvalue weighted by atomic mass is 10.0. The van der Waals surface area contributed by atoms with Gasteiger partial charge in [-0.1, -0.05) is 35.9 Å². The highest BCUT2D eigenvalue weighted by Crippen LogP contribution is 2.44. The Bertz CT molecular complexity index is 760. The fourth-order valence-corrected chi connectivity index (χ4v) is 2.31. The third kappa shape index (κ3) is 3.51. The number of ketones is 1. The van der Waals surface area contributed by atoms with E-state index in [0.29, 0.717) is 0 Å². The Balaban J connectivity index is 2.43. The van der Waals surface area contributed by atoms with Crippen molar-refractivity contribution in [1.29, 1.82) is 0 Å². The monoisotopic (exact) mass is 328 g/mol. The summed E-state index contributed by atoms with van der Waals surface area (Å²) in [4.78, 5) is 12.5. The van der Waals surface area contributed by atoms with E-state index in [1.54, 1.807) is 6.08 Å². The summed E-state index contributed by atoms with van der Waals surface area (Å²) in [7, 11) is 4.28. The third-order valence-corrected chi connectivity index (χ3v) is 3.56. The molecule has 0 saturated heterocycles. The number of allylic oxidation sites excluding steroid dienone is 1. The maximum absolute atomic E-state index is 12.5. The summed E-state index contributed by atoms with van der Waals surface area (Å²) in [5.74, 6) is 0.0395. The molecule has 0 heterocycles. The lowest BCUT2D eigenvalue weighted by molar-refractivity contribution is 0.104. The van der Waals surface area contributed by atoms with Crippen LogP contribution in [0.2, 0.25) is 0 Å². The number of carbonyl (C=O) groups excluding carboxylic acids is 1. The van der Waals surface area contributed by atoms with E-state index in [4.69, 9.17) is 14.2 Å². The van der Waals surface area contributed by atoms with Crippen LogP contribution in [0.5, 0.6) is 23.0 Å². The van der Waals surface area contributed by atoms with Crippen molar-refractivity contribution in [2.45, 2.75) is 6.92 Å². The van der Waals surface area contributed by atoms with Gasteiger partial charge in [0.05, 0.1) is 21.3 Å². The first-order valence-electron chi connectivity index (χ1n) is 7.32. The van der Waals surface area contributed by atoms with Gasteiger partial charge in [0.2, 0.25) is 5.75 Å². The van der Waals surface area contributed by atoms with Gasteiger partial charge in [0.1, 0.15) is 11.3 Å². The average Bonchev–Trinajstić information content (AvgIpc) is 2.59. The quantitative estimate of drug-likeness (QED) is 0.648. The number of hydrogen-bond donors (Lipinski definition) is 1. The van der Waals surface area contributed by atoms with Crippen LogP contribution in [0.4, 0.5) is 0 Å². The van der Waals surface area contributed by atoms with Crippen molar-refractivity contribution in [3.05, 3.63) is 53.1 Å². The summed E-state index contributed by atoms with van der Waals surface area (Å²) >= 11 is 0. The number of phenolic OH excluding ortho intramolecular Hbond substituents is 1. The minimum Gasteiger partial charge on any atom is -0.507 e. The molecule has 1 N–H and O–H groups in total. The number of hydrogen-bond acceptors (Lipinski definition) is 5. The third-order valence-electron chi connectivity index (χ3n) is 3.56. The van der Waals surface area contributed by atoms with E-state index in [1.165, 1.54) is 33.5 Å².